The van der Waals surface area contributed by atoms with Crippen molar-refractivity contribution in [3.63, 3.8) is 0 Å². The number of ketones is 1. The Morgan fingerprint density at radius 1 is 1.07 bits per heavy atom. The Morgan fingerprint density at radius 2 is 1.67 bits per heavy atom. The summed E-state index contributed by atoms with van der Waals surface area (Å²) in [7, 11) is -2.93. The molecule has 0 unspecified atom stereocenters. The van der Waals surface area contributed by atoms with E-state index in [0.29, 0.717) is 17.3 Å². The van der Waals surface area contributed by atoms with Crippen molar-refractivity contribution >= 4 is 49.7 Å². The van der Waals surface area contributed by atoms with E-state index in [-0.39, 0.29) is 42.4 Å². The molecule has 43 heavy (non-hydrogen) atoms. The number of carbonyl (C=O) groups is 4. The zero-order valence-corrected chi connectivity index (χ0v) is 28.7. The lowest BCUT2D eigenvalue weighted by atomic mass is 9.77. The van der Waals surface area contributed by atoms with E-state index in [4.69, 9.17) is 13.7 Å². The van der Waals surface area contributed by atoms with Gasteiger partial charge in [-0.1, -0.05) is 50.0 Å². The number of nitrogens with zero attached hydrogens (tertiary/aromatic N) is 1. The fourth-order valence-corrected chi connectivity index (χ4v) is 7.19. The molecule has 0 bridgehead atoms. The number of amides is 1. The van der Waals surface area contributed by atoms with E-state index < -0.39 is 62.5 Å². The van der Waals surface area contributed by atoms with Gasteiger partial charge < -0.3 is 14.4 Å². The monoisotopic (exact) mass is 685 g/mol. The van der Waals surface area contributed by atoms with Crippen molar-refractivity contribution in [3.8, 4) is 0 Å². The molecule has 1 saturated heterocycles. The van der Waals surface area contributed by atoms with Crippen LogP contribution < -0.4 is 0 Å². The first-order valence-corrected chi connectivity index (χ1v) is 16.8. The molecule has 1 aliphatic heterocycles. The number of Topliss-reactive ketones (excluding diaryl/α,β-unsaturated/α-hetero) is 1. The molecular formula is C31H44BrNO9S. The lowest BCUT2D eigenvalue weighted by molar-refractivity contribution is -0.161. The smallest absolute Gasteiger partial charge is 0.312 e. The zero-order chi connectivity index (χ0) is 32.5. The molecule has 3 rings (SSSR count). The van der Waals surface area contributed by atoms with Crippen LogP contribution >= 0.6 is 15.9 Å². The third-order valence-corrected chi connectivity index (χ3v) is 10.1. The number of benzene rings is 1. The van der Waals surface area contributed by atoms with Crippen molar-refractivity contribution in [2.45, 2.75) is 103 Å². The molecule has 1 saturated carbocycles. The molecule has 1 aliphatic carbocycles. The first-order valence-electron chi connectivity index (χ1n) is 14.6. The third-order valence-electron chi connectivity index (χ3n) is 8.22. The molecule has 1 aromatic carbocycles. The highest BCUT2D eigenvalue weighted by molar-refractivity contribution is 9.10. The minimum Gasteiger partial charge on any atom is -0.469 e. The standard InChI is InChI=1S/C31H44BrNO9S/c1-9-19-16-31(19,28(37)40-8)17-25(34)24-14-21(42-43(38,39)22-12-10-20(32)11-13-22)18-33(24)27(36)23(29(2,3)4)15-26(35)41-30(5,6)7/h10-13,19,21,23-24H,9,14-18H2,1-8H3/t19-,21+,23-,24+,31-/m1/s1. The maximum absolute atomic E-state index is 14.2. The van der Waals surface area contributed by atoms with Gasteiger partial charge in [-0.05, 0) is 62.8 Å². The molecule has 2 fully saturated rings. The van der Waals surface area contributed by atoms with Crippen LogP contribution in [0.4, 0.5) is 0 Å². The van der Waals surface area contributed by atoms with Crippen LogP contribution in [0.2, 0.25) is 0 Å². The van der Waals surface area contributed by atoms with Crippen molar-refractivity contribution < 1.29 is 41.3 Å². The Bertz CT molecular complexity index is 1330. The summed E-state index contributed by atoms with van der Waals surface area (Å²) in [5.74, 6) is -2.74. The maximum atomic E-state index is 14.2. The van der Waals surface area contributed by atoms with Crippen LogP contribution in [0.25, 0.3) is 0 Å². The fraction of sp³-hybridized carbons (Fsp3) is 0.677. The van der Waals surface area contributed by atoms with Gasteiger partial charge >= 0.3 is 11.9 Å². The number of halogens is 1. The summed E-state index contributed by atoms with van der Waals surface area (Å²) < 4.78 is 43.0. The highest BCUT2D eigenvalue weighted by Crippen LogP contribution is 2.58. The summed E-state index contributed by atoms with van der Waals surface area (Å²) in [4.78, 5) is 54.9. The van der Waals surface area contributed by atoms with Gasteiger partial charge in [0.15, 0.2) is 5.78 Å². The van der Waals surface area contributed by atoms with E-state index in [2.05, 4.69) is 15.9 Å². The topological polar surface area (TPSA) is 133 Å². The first kappa shape index (κ1) is 35.2. The predicted molar refractivity (Wildman–Crippen MR) is 162 cm³/mol. The van der Waals surface area contributed by atoms with Gasteiger partial charge in [-0.2, -0.15) is 8.42 Å². The number of hydrogen-bond donors (Lipinski definition) is 0. The molecule has 0 aromatic heterocycles. The van der Waals surface area contributed by atoms with Crippen LogP contribution in [-0.4, -0.2) is 68.3 Å². The lowest BCUT2D eigenvalue weighted by Gasteiger charge is -2.35. The fourth-order valence-electron chi connectivity index (χ4n) is 5.85. The van der Waals surface area contributed by atoms with Gasteiger partial charge in [0.2, 0.25) is 5.91 Å². The van der Waals surface area contributed by atoms with Gasteiger partial charge in [0.05, 0.1) is 41.9 Å². The highest BCUT2D eigenvalue weighted by atomic mass is 79.9. The SMILES string of the molecule is CC[C@@H]1C[C@]1(CC(=O)[C@@H]1C[C@H](OS(=O)(=O)c2ccc(Br)cc2)CN1C(=O)[C@@H](CC(=O)OC(C)(C)C)C(C)(C)C)C(=O)OC. The summed E-state index contributed by atoms with van der Waals surface area (Å²) in [6, 6.07) is 4.90. The number of likely N-dealkylation sites (tertiary alicyclic amines) is 1. The molecule has 240 valence electrons. The number of rotatable bonds is 11. The quantitative estimate of drug-likeness (QED) is 0.231. The normalized spacial score (nSPS) is 24.8. The van der Waals surface area contributed by atoms with Crippen LogP contribution in [0.3, 0.4) is 0 Å². The minimum atomic E-state index is -4.22. The number of esters is 2. The summed E-state index contributed by atoms with van der Waals surface area (Å²) in [6.07, 6.45) is -0.241. The van der Waals surface area contributed by atoms with Crippen molar-refractivity contribution in [1.29, 1.82) is 0 Å². The van der Waals surface area contributed by atoms with Crippen molar-refractivity contribution in [2.75, 3.05) is 13.7 Å². The molecule has 10 nitrogen and oxygen atoms in total. The van der Waals surface area contributed by atoms with Gasteiger partial charge in [-0.25, -0.2) is 0 Å². The Morgan fingerprint density at radius 3 is 2.16 bits per heavy atom. The van der Waals surface area contributed by atoms with Crippen molar-refractivity contribution in [1.82, 2.24) is 4.90 Å². The molecule has 0 spiro atoms. The van der Waals surface area contributed by atoms with E-state index in [1.54, 1.807) is 32.9 Å². The molecule has 12 heteroatoms. The molecule has 0 N–H and O–H groups in total. The second-order valence-electron chi connectivity index (χ2n) is 13.7. The van der Waals surface area contributed by atoms with Gasteiger partial charge in [-0.3, -0.25) is 23.4 Å². The average Bonchev–Trinajstić information content (AvgIpc) is 3.44. The van der Waals surface area contributed by atoms with E-state index in [9.17, 15) is 27.6 Å². The molecule has 0 radical (unpaired) electrons. The van der Waals surface area contributed by atoms with E-state index in [1.165, 1.54) is 24.1 Å². The van der Waals surface area contributed by atoms with Crippen molar-refractivity contribution in [2.24, 2.45) is 22.7 Å². The van der Waals surface area contributed by atoms with Gasteiger partial charge in [0.1, 0.15) is 5.60 Å². The van der Waals surface area contributed by atoms with Crippen LogP contribution in [0, 0.1) is 22.7 Å². The number of hydrogen-bond acceptors (Lipinski definition) is 9. The molecule has 5 atom stereocenters. The summed E-state index contributed by atoms with van der Waals surface area (Å²) in [6.45, 7) is 12.4. The average molecular weight is 687 g/mol. The zero-order valence-electron chi connectivity index (χ0n) is 26.3. The van der Waals surface area contributed by atoms with Gasteiger partial charge in [0.25, 0.3) is 10.1 Å². The summed E-state index contributed by atoms with van der Waals surface area (Å²) in [5.41, 5.74) is -2.41. The Balaban J connectivity index is 1.93. The predicted octanol–water partition coefficient (Wildman–Crippen LogP) is 5.07. The second-order valence-corrected chi connectivity index (χ2v) is 16.2. The summed E-state index contributed by atoms with van der Waals surface area (Å²) in [5, 5.41) is 0. The van der Waals surface area contributed by atoms with Crippen LogP contribution in [0.5, 0.6) is 0 Å². The Hall–Kier alpha value is -2.31. The number of ether oxygens (including phenoxy) is 2. The number of methoxy groups -OCH3 is 1. The van der Waals surface area contributed by atoms with Crippen LogP contribution in [-0.2, 0) is 43.0 Å². The number of carbonyl (C=O) groups excluding carboxylic acids is 4. The van der Waals surface area contributed by atoms with Crippen LogP contribution in [0.1, 0.15) is 80.6 Å². The molecule has 1 heterocycles. The molecule has 1 amide bonds. The Labute approximate surface area is 263 Å². The largest absolute Gasteiger partial charge is 0.469 e. The molecule has 1 aromatic rings. The van der Waals surface area contributed by atoms with E-state index >= 15 is 0 Å². The van der Waals surface area contributed by atoms with Crippen molar-refractivity contribution in [3.05, 3.63) is 28.7 Å². The highest BCUT2D eigenvalue weighted by Gasteiger charge is 2.61. The minimum absolute atomic E-state index is 0.0197. The van der Waals surface area contributed by atoms with E-state index in [1.807, 2.05) is 27.7 Å². The summed E-state index contributed by atoms with van der Waals surface area (Å²) >= 11 is 3.28. The lowest BCUT2D eigenvalue weighted by Crippen LogP contribution is -2.48. The maximum Gasteiger partial charge on any atom is 0.312 e. The van der Waals surface area contributed by atoms with E-state index in [0.717, 1.165) is 0 Å². The van der Waals surface area contributed by atoms with Crippen LogP contribution in [0.15, 0.2) is 33.6 Å². The Kier molecular flexibility index (Phi) is 10.6. The third kappa shape index (κ3) is 8.45. The van der Waals surface area contributed by atoms with Gasteiger partial charge in [0, 0.05) is 23.9 Å². The van der Waals surface area contributed by atoms with Gasteiger partial charge in [-0.15, -0.1) is 0 Å². The second kappa shape index (κ2) is 13.0. The molecule has 2 aliphatic rings. The molecular weight excluding hydrogens is 642 g/mol. The first-order chi connectivity index (χ1) is 19.7.